The maximum absolute atomic E-state index is 11.3. The van der Waals surface area contributed by atoms with E-state index in [1.807, 2.05) is 0 Å². The Hall–Kier alpha value is -0.870. The fraction of sp³-hybridized carbons (Fsp3) is 0.364. The predicted octanol–water partition coefficient (Wildman–Crippen LogP) is 2.48. The van der Waals surface area contributed by atoms with E-state index in [9.17, 15) is 8.42 Å². The molecule has 0 atom stereocenters. The summed E-state index contributed by atoms with van der Waals surface area (Å²) in [5.41, 5.74) is 1.08. The summed E-state index contributed by atoms with van der Waals surface area (Å²) in [5.74, 6) is 0. The summed E-state index contributed by atoms with van der Waals surface area (Å²) in [5, 5.41) is 0. The minimum absolute atomic E-state index is 0.00755. The topological polar surface area (TPSA) is 43.4 Å². The molecule has 0 aromatic heterocycles. The van der Waals surface area contributed by atoms with E-state index in [-0.39, 0.29) is 10.3 Å². The molecule has 3 nitrogen and oxygen atoms in total. The number of rotatable bonds is 2. The van der Waals surface area contributed by atoms with E-state index in [2.05, 4.69) is 32.1 Å². The van der Waals surface area contributed by atoms with Gasteiger partial charge in [-0.2, -0.15) is 8.42 Å². The Morgan fingerprint density at radius 1 is 1.13 bits per heavy atom. The van der Waals surface area contributed by atoms with Crippen LogP contribution < -0.4 is 0 Å². The lowest BCUT2D eigenvalue weighted by atomic mass is 9.87. The average molecular weight is 227 g/mol. The molecule has 0 fully saturated rings. The third-order valence-corrected chi connectivity index (χ3v) is 3.32. The first-order valence-corrected chi connectivity index (χ1v) is 5.97. The highest BCUT2D eigenvalue weighted by molar-refractivity contribution is 7.86. The molecule has 0 aliphatic heterocycles. The summed E-state index contributed by atoms with van der Waals surface area (Å²) in [6, 6.07) is 6.62. The van der Waals surface area contributed by atoms with Crippen LogP contribution in [0.1, 0.15) is 26.3 Å². The first-order chi connectivity index (χ1) is 6.77. The molecule has 1 aromatic rings. The fourth-order valence-electron chi connectivity index (χ4n) is 1.19. The molecule has 0 aliphatic rings. The van der Waals surface area contributed by atoms with Crippen LogP contribution in [-0.4, -0.2) is 8.42 Å². The van der Waals surface area contributed by atoms with Gasteiger partial charge in [0.2, 0.25) is 0 Å². The molecule has 0 spiro atoms. The van der Waals surface area contributed by atoms with E-state index in [1.165, 1.54) is 12.1 Å². The van der Waals surface area contributed by atoms with Gasteiger partial charge in [0.25, 0.3) is 10.1 Å². The Labute approximate surface area is 91.2 Å². The van der Waals surface area contributed by atoms with Gasteiger partial charge in [-0.3, -0.25) is 4.18 Å². The molecular formula is C11H15O3S. The van der Waals surface area contributed by atoms with Crippen molar-refractivity contribution in [2.75, 3.05) is 0 Å². The molecule has 0 N–H and O–H groups in total. The van der Waals surface area contributed by atoms with Gasteiger partial charge in [-0.25, -0.2) is 0 Å². The van der Waals surface area contributed by atoms with Crippen LogP contribution in [0.2, 0.25) is 0 Å². The Bertz CT molecular complexity index is 424. The Morgan fingerprint density at radius 2 is 1.60 bits per heavy atom. The molecule has 0 unspecified atom stereocenters. The Balaban J connectivity index is 3.12. The normalized spacial score (nSPS) is 12.8. The van der Waals surface area contributed by atoms with E-state index in [0.29, 0.717) is 0 Å². The van der Waals surface area contributed by atoms with Crippen LogP contribution in [0, 0.1) is 7.11 Å². The van der Waals surface area contributed by atoms with E-state index in [0.717, 1.165) is 5.56 Å². The molecule has 4 heteroatoms. The van der Waals surface area contributed by atoms with Crippen LogP contribution >= 0.6 is 0 Å². The van der Waals surface area contributed by atoms with Crippen LogP contribution in [0.3, 0.4) is 0 Å². The first kappa shape index (κ1) is 12.2. The van der Waals surface area contributed by atoms with Crippen molar-refractivity contribution < 1.29 is 12.6 Å². The number of hydrogen-bond donors (Lipinski definition) is 0. The molecule has 1 radical (unpaired) electrons. The summed E-state index contributed by atoms with van der Waals surface area (Å²) in [6.45, 7) is 6.19. The van der Waals surface area contributed by atoms with E-state index >= 15 is 0 Å². The molecule has 0 aliphatic carbocycles. The highest BCUT2D eigenvalue weighted by atomic mass is 32.2. The number of benzene rings is 1. The van der Waals surface area contributed by atoms with Crippen LogP contribution in [-0.2, 0) is 19.7 Å². The highest BCUT2D eigenvalue weighted by Gasteiger charge is 2.16. The SMILES string of the molecule is [CH2]OS(=O)(=O)c1ccc(C(C)(C)C)cc1. The van der Waals surface area contributed by atoms with Crippen molar-refractivity contribution in [3.05, 3.63) is 36.9 Å². The van der Waals surface area contributed by atoms with Crippen LogP contribution in [0.25, 0.3) is 0 Å². The second-order valence-electron chi connectivity index (χ2n) is 4.35. The number of hydrogen-bond acceptors (Lipinski definition) is 3. The van der Waals surface area contributed by atoms with Gasteiger partial charge in [0.05, 0.1) is 12.0 Å². The van der Waals surface area contributed by atoms with E-state index in [4.69, 9.17) is 0 Å². The van der Waals surface area contributed by atoms with Crippen LogP contribution in [0.4, 0.5) is 0 Å². The molecule has 1 rings (SSSR count). The lowest BCUT2D eigenvalue weighted by Crippen LogP contribution is -2.11. The zero-order valence-electron chi connectivity index (χ0n) is 9.15. The maximum atomic E-state index is 11.3. The van der Waals surface area contributed by atoms with Crippen molar-refractivity contribution in [1.29, 1.82) is 0 Å². The van der Waals surface area contributed by atoms with Crippen LogP contribution in [0.15, 0.2) is 29.2 Å². The highest BCUT2D eigenvalue weighted by Crippen LogP contribution is 2.23. The van der Waals surface area contributed by atoms with Gasteiger partial charge in [0.15, 0.2) is 0 Å². The molecule has 15 heavy (non-hydrogen) atoms. The standard InChI is InChI=1S/C11H15O3S/c1-11(2,3)9-5-7-10(8-6-9)15(12,13)14-4/h5-8H,4H2,1-3H3. The van der Waals surface area contributed by atoms with Crippen molar-refractivity contribution in [3.63, 3.8) is 0 Å². The molecule has 0 bridgehead atoms. The zero-order chi connectivity index (χ0) is 11.7. The Kier molecular flexibility index (Phi) is 3.21. The minimum atomic E-state index is -3.67. The fourth-order valence-corrected chi connectivity index (χ4v) is 1.80. The third-order valence-electron chi connectivity index (χ3n) is 2.16. The molecular weight excluding hydrogens is 212 g/mol. The van der Waals surface area contributed by atoms with Gasteiger partial charge in [-0.05, 0) is 23.1 Å². The van der Waals surface area contributed by atoms with Gasteiger partial charge in [0.1, 0.15) is 0 Å². The Morgan fingerprint density at radius 3 is 1.93 bits per heavy atom. The van der Waals surface area contributed by atoms with Gasteiger partial charge in [-0.15, -0.1) is 0 Å². The summed E-state index contributed by atoms with van der Waals surface area (Å²) in [4.78, 5) is 0.130. The minimum Gasteiger partial charge on any atom is -0.264 e. The van der Waals surface area contributed by atoms with Crippen molar-refractivity contribution in [3.8, 4) is 0 Å². The molecule has 0 amide bonds. The van der Waals surface area contributed by atoms with Gasteiger partial charge in [0, 0.05) is 0 Å². The predicted molar refractivity (Wildman–Crippen MR) is 58.8 cm³/mol. The van der Waals surface area contributed by atoms with Gasteiger partial charge < -0.3 is 0 Å². The lowest BCUT2D eigenvalue weighted by Gasteiger charge is -2.18. The molecule has 83 valence electrons. The zero-order valence-corrected chi connectivity index (χ0v) is 9.97. The smallest absolute Gasteiger partial charge is 0.264 e. The van der Waals surface area contributed by atoms with Crippen molar-refractivity contribution in [2.24, 2.45) is 0 Å². The summed E-state index contributed by atoms with van der Waals surface area (Å²) >= 11 is 0. The molecule has 1 aromatic carbocycles. The lowest BCUT2D eigenvalue weighted by molar-refractivity contribution is 0.438. The van der Waals surface area contributed by atoms with E-state index in [1.54, 1.807) is 12.1 Å². The summed E-state index contributed by atoms with van der Waals surface area (Å²) < 4.78 is 26.7. The molecule has 0 saturated carbocycles. The van der Waals surface area contributed by atoms with Gasteiger partial charge in [-0.1, -0.05) is 32.9 Å². The van der Waals surface area contributed by atoms with Gasteiger partial charge >= 0.3 is 0 Å². The second-order valence-corrected chi connectivity index (χ2v) is 5.96. The average Bonchev–Trinajstić information content (AvgIpc) is 2.17. The first-order valence-electron chi connectivity index (χ1n) is 4.56. The largest absolute Gasteiger partial charge is 0.297 e. The third kappa shape index (κ3) is 2.79. The second kappa shape index (κ2) is 3.94. The maximum Gasteiger partial charge on any atom is 0.297 e. The monoisotopic (exact) mass is 227 g/mol. The van der Waals surface area contributed by atoms with Crippen molar-refractivity contribution in [1.82, 2.24) is 0 Å². The van der Waals surface area contributed by atoms with Crippen molar-refractivity contribution in [2.45, 2.75) is 31.1 Å². The summed E-state index contributed by atoms with van der Waals surface area (Å²) in [7, 11) is -0.755. The molecule has 0 heterocycles. The summed E-state index contributed by atoms with van der Waals surface area (Å²) in [6.07, 6.45) is 0. The van der Waals surface area contributed by atoms with Crippen LogP contribution in [0.5, 0.6) is 0 Å². The van der Waals surface area contributed by atoms with E-state index < -0.39 is 10.1 Å². The quantitative estimate of drug-likeness (QED) is 0.729. The molecule has 0 saturated heterocycles. The van der Waals surface area contributed by atoms with Crippen molar-refractivity contribution >= 4 is 10.1 Å².